The second kappa shape index (κ2) is 8.47. The first kappa shape index (κ1) is 22.5. The number of rotatable bonds is 5. The number of alkyl halides is 2. The summed E-state index contributed by atoms with van der Waals surface area (Å²) in [5.74, 6) is -2.21. The molecule has 0 unspecified atom stereocenters. The Morgan fingerprint density at radius 2 is 1.52 bits per heavy atom. The number of para-hydroxylation sites is 1. The van der Waals surface area contributed by atoms with Gasteiger partial charge in [0.1, 0.15) is 0 Å². The summed E-state index contributed by atoms with van der Waals surface area (Å²) in [6.07, 6.45) is 0.831. The van der Waals surface area contributed by atoms with Gasteiger partial charge in [-0.3, -0.25) is 14.4 Å². The molecule has 1 aliphatic heterocycles. The van der Waals surface area contributed by atoms with Crippen LogP contribution < -0.4 is 4.90 Å². The fourth-order valence-corrected chi connectivity index (χ4v) is 7.33. The van der Waals surface area contributed by atoms with E-state index in [1.165, 1.54) is 6.07 Å². The van der Waals surface area contributed by atoms with Gasteiger partial charge < -0.3 is 4.74 Å². The zero-order valence-electron chi connectivity index (χ0n) is 17.7. The molecule has 2 amide bonds. The molecule has 1 saturated heterocycles. The van der Waals surface area contributed by atoms with Crippen LogP contribution in [0, 0.1) is 30.6 Å². The molecule has 0 N–H and O–H groups in total. The third-order valence-electron chi connectivity index (χ3n) is 7.06. The van der Waals surface area contributed by atoms with Crippen LogP contribution in [0.25, 0.3) is 0 Å². The molecule has 3 fully saturated rings. The van der Waals surface area contributed by atoms with Crippen LogP contribution >= 0.6 is 31.9 Å². The smallest absolute Gasteiger partial charge is 0.340 e. The summed E-state index contributed by atoms with van der Waals surface area (Å²) < 4.78 is 5.28. The topological polar surface area (TPSA) is 80.8 Å². The molecule has 2 aromatic rings. The van der Waals surface area contributed by atoms with E-state index in [-0.39, 0.29) is 62.2 Å². The number of carbonyl (C=O) groups excluding carboxylic acids is 4. The number of ketones is 1. The average Bonchev–Trinajstić information content (AvgIpc) is 3.42. The molecule has 0 spiro atoms. The highest BCUT2D eigenvalue weighted by Crippen LogP contribution is 2.60. The molecule has 170 valence electrons. The lowest BCUT2D eigenvalue weighted by atomic mass is 9.81. The number of imide groups is 1. The van der Waals surface area contributed by atoms with Crippen molar-refractivity contribution in [2.45, 2.75) is 23.0 Å². The van der Waals surface area contributed by atoms with Crippen molar-refractivity contribution in [1.82, 2.24) is 0 Å². The second-order valence-electron chi connectivity index (χ2n) is 8.90. The van der Waals surface area contributed by atoms with Gasteiger partial charge in [0, 0.05) is 15.2 Å². The maximum Gasteiger partial charge on any atom is 0.340 e. The molecule has 6 nitrogen and oxygen atoms in total. The van der Waals surface area contributed by atoms with Gasteiger partial charge in [-0.15, -0.1) is 0 Å². The summed E-state index contributed by atoms with van der Waals surface area (Å²) in [5, 5.41) is 0. The fraction of sp³-hybridized carbons (Fsp3) is 0.360. The van der Waals surface area contributed by atoms with Gasteiger partial charge in [-0.05, 0) is 37.3 Å². The van der Waals surface area contributed by atoms with E-state index >= 15 is 0 Å². The van der Waals surface area contributed by atoms with Crippen molar-refractivity contribution in [1.29, 1.82) is 0 Å². The van der Waals surface area contributed by atoms with Crippen molar-refractivity contribution in [2.75, 3.05) is 11.5 Å². The van der Waals surface area contributed by atoms with E-state index in [9.17, 15) is 19.2 Å². The molecule has 5 rings (SSSR count). The second-order valence-corrected chi connectivity index (χ2v) is 11.0. The van der Waals surface area contributed by atoms with E-state index in [1.54, 1.807) is 30.3 Å². The Morgan fingerprint density at radius 1 is 0.939 bits per heavy atom. The summed E-state index contributed by atoms with van der Waals surface area (Å²) >= 11 is 7.36. The molecule has 0 radical (unpaired) electrons. The Balaban J connectivity index is 1.37. The molecule has 2 saturated carbocycles. The highest BCUT2D eigenvalue weighted by Gasteiger charge is 2.66. The number of hydrogen-bond donors (Lipinski definition) is 0. The van der Waals surface area contributed by atoms with Gasteiger partial charge >= 0.3 is 5.97 Å². The van der Waals surface area contributed by atoms with Crippen molar-refractivity contribution >= 4 is 61.1 Å². The third kappa shape index (κ3) is 3.58. The number of anilines is 1. The van der Waals surface area contributed by atoms with Crippen molar-refractivity contribution in [3.63, 3.8) is 0 Å². The molecule has 2 aliphatic carbocycles. The fourth-order valence-electron chi connectivity index (χ4n) is 5.46. The molecule has 3 aliphatic rings. The zero-order chi connectivity index (χ0) is 23.4. The van der Waals surface area contributed by atoms with Crippen molar-refractivity contribution in [3.05, 3.63) is 65.2 Å². The number of aryl methyl sites for hydroxylation is 1. The lowest BCUT2D eigenvalue weighted by Gasteiger charge is -2.28. The highest BCUT2D eigenvalue weighted by molar-refractivity contribution is 9.12. The minimum absolute atomic E-state index is 0.0806. The Bertz CT molecular complexity index is 1130. The number of ether oxygens (including phenoxy) is 1. The van der Waals surface area contributed by atoms with Gasteiger partial charge in [0.05, 0.1) is 23.1 Å². The first-order chi connectivity index (χ1) is 15.8. The van der Waals surface area contributed by atoms with Crippen LogP contribution in [-0.4, -0.2) is 39.8 Å². The quantitative estimate of drug-likeness (QED) is 0.230. The monoisotopic (exact) mass is 573 g/mol. The number of fused-ring (bicyclic) bond motifs is 5. The van der Waals surface area contributed by atoms with Gasteiger partial charge in [0.25, 0.3) is 0 Å². The molecule has 6 atom stereocenters. The predicted molar refractivity (Wildman–Crippen MR) is 129 cm³/mol. The van der Waals surface area contributed by atoms with Gasteiger partial charge in [-0.25, -0.2) is 9.69 Å². The van der Waals surface area contributed by atoms with E-state index in [0.29, 0.717) is 5.56 Å². The number of nitrogens with zero attached hydrogens (tertiary/aromatic N) is 1. The SMILES string of the molecule is Cc1ccc(C(=O)COC(=O)c2ccccc2N2C(=O)[C@@H]3[C@H]4C[C@H]([C@H](Br)[C@@H]4Br)[C@@H]3C2=O)cc1. The molecular formula is C25H21Br2NO5. The van der Waals surface area contributed by atoms with Crippen LogP contribution in [0.1, 0.15) is 32.7 Å². The summed E-state index contributed by atoms with van der Waals surface area (Å²) in [7, 11) is 0. The van der Waals surface area contributed by atoms with Crippen LogP contribution in [0.5, 0.6) is 0 Å². The van der Waals surface area contributed by atoms with Crippen molar-refractivity contribution < 1.29 is 23.9 Å². The van der Waals surface area contributed by atoms with Crippen molar-refractivity contribution in [3.8, 4) is 0 Å². The van der Waals surface area contributed by atoms with Gasteiger partial charge in [-0.2, -0.15) is 0 Å². The van der Waals surface area contributed by atoms with E-state index in [0.717, 1.165) is 16.9 Å². The minimum Gasteiger partial charge on any atom is -0.454 e. The Labute approximate surface area is 207 Å². The van der Waals surface area contributed by atoms with E-state index in [4.69, 9.17) is 4.74 Å². The molecule has 33 heavy (non-hydrogen) atoms. The molecule has 8 heteroatoms. The predicted octanol–water partition coefficient (Wildman–Crippen LogP) is 4.32. The molecule has 0 aromatic heterocycles. The molecule has 2 aromatic carbocycles. The molecule has 1 heterocycles. The highest BCUT2D eigenvalue weighted by atomic mass is 79.9. The summed E-state index contributed by atoms with van der Waals surface area (Å²) in [6.45, 7) is 1.49. The first-order valence-corrected chi connectivity index (χ1v) is 12.6. The third-order valence-corrected chi connectivity index (χ3v) is 10.3. The maximum absolute atomic E-state index is 13.4. The number of carbonyl (C=O) groups is 4. The maximum atomic E-state index is 13.4. The lowest BCUT2D eigenvalue weighted by Crippen LogP contribution is -2.37. The Kier molecular flexibility index (Phi) is 5.77. The van der Waals surface area contributed by atoms with E-state index in [2.05, 4.69) is 31.9 Å². The van der Waals surface area contributed by atoms with Crippen molar-refractivity contribution in [2.24, 2.45) is 23.7 Å². The van der Waals surface area contributed by atoms with Gasteiger partial charge in [0.2, 0.25) is 11.8 Å². The number of esters is 1. The number of Topliss-reactive ketones (excluding diaryl/α,β-unsaturated/α-hetero) is 1. The van der Waals surface area contributed by atoms with Crippen LogP contribution in [-0.2, 0) is 14.3 Å². The number of hydrogen-bond acceptors (Lipinski definition) is 5. The van der Waals surface area contributed by atoms with Crippen LogP contribution in [0.3, 0.4) is 0 Å². The van der Waals surface area contributed by atoms with E-state index < -0.39 is 12.6 Å². The summed E-state index contributed by atoms with van der Waals surface area (Å²) in [4.78, 5) is 53.4. The number of halogens is 2. The Morgan fingerprint density at radius 3 is 2.12 bits per heavy atom. The summed E-state index contributed by atoms with van der Waals surface area (Å²) in [5.41, 5.74) is 1.77. The normalized spacial score (nSPS) is 30.0. The van der Waals surface area contributed by atoms with E-state index in [1.807, 2.05) is 19.1 Å². The average molecular weight is 575 g/mol. The minimum atomic E-state index is -0.747. The zero-order valence-corrected chi connectivity index (χ0v) is 20.9. The molecule has 2 bridgehead atoms. The van der Waals surface area contributed by atoms with Gasteiger partial charge in [0.15, 0.2) is 12.4 Å². The van der Waals surface area contributed by atoms with Crippen LogP contribution in [0.15, 0.2) is 48.5 Å². The van der Waals surface area contributed by atoms with Crippen LogP contribution in [0.4, 0.5) is 5.69 Å². The van der Waals surface area contributed by atoms with Crippen LogP contribution in [0.2, 0.25) is 0 Å². The largest absolute Gasteiger partial charge is 0.454 e. The Hall–Kier alpha value is -2.32. The number of benzene rings is 2. The summed E-state index contributed by atoms with van der Waals surface area (Å²) in [6, 6.07) is 13.4. The molecular weight excluding hydrogens is 554 g/mol. The standard InChI is InChI=1S/C25H21Br2NO5/c1-12-6-8-13(9-7-12)18(29)11-33-25(32)14-4-2-3-5-17(14)28-23(30)19-15-10-16(20(19)24(28)31)22(27)21(15)26/h2-9,15-16,19-22H,10-11H2,1H3/t15-,16+,19-,20+,21-,22+. The van der Waals surface area contributed by atoms with Gasteiger partial charge in [-0.1, -0.05) is 73.8 Å². The first-order valence-electron chi connectivity index (χ1n) is 10.8. The lowest BCUT2D eigenvalue weighted by molar-refractivity contribution is -0.123. The number of amides is 2.